The molecule has 1 saturated carbocycles. The molecule has 0 heterocycles. The van der Waals surface area contributed by atoms with E-state index in [0.717, 1.165) is 24.7 Å². The van der Waals surface area contributed by atoms with Gasteiger partial charge in [-0.05, 0) is 43.9 Å². The normalized spacial score (nSPS) is 25.8. The fourth-order valence-corrected chi connectivity index (χ4v) is 2.66. The lowest BCUT2D eigenvalue weighted by atomic mass is 9.78. The average Bonchev–Trinajstić information content (AvgIpc) is 2.27. The number of rotatable bonds is 4. The molecule has 0 N–H and O–H groups in total. The van der Waals surface area contributed by atoms with Gasteiger partial charge in [0.05, 0.1) is 7.11 Å². The van der Waals surface area contributed by atoms with E-state index < -0.39 is 0 Å². The van der Waals surface area contributed by atoms with Crippen molar-refractivity contribution in [3.8, 4) is 0 Å². The van der Waals surface area contributed by atoms with Gasteiger partial charge in [0.15, 0.2) is 0 Å². The quantitative estimate of drug-likeness (QED) is 0.691. The summed E-state index contributed by atoms with van der Waals surface area (Å²) in [5.41, 5.74) is 0. The van der Waals surface area contributed by atoms with Crippen LogP contribution in [-0.4, -0.2) is 25.1 Å². The summed E-state index contributed by atoms with van der Waals surface area (Å²) >= 11 is 0. The van der Waals surface area contributed by atoms with Crippen LogP contribution in [0.2, 0.25) is 0 Å². The maximum Gasteiger partial charge on any atom is 0.248 e. The predicted molar refractivity (Wildman–Crippen MR) is 64.7 cm³/mol. The number of nitrogens with zero attached hydrogens (tertiary/aromatic N) is 1. The first-order valence-corrected chi connectivity index (χ1v) is 6.36. The second-order valence-corrected chi connectivity index (χ2v) is 5.37. The van der Waals surface area contributed by atoms with E-state index in [4.69, 9.17) is 4.84 Å². The Morgan fingerprint density at radius 3 is 2.31 bits per heavy atom. The van der Waals surface area contributed by atoms with Crippen molar-refractivity contribution in [2.75, 3.05) is 14.2 Å². The fraction of sp³-hybridized carbons (Fsp3) is 0.923. The van der Waals surface area contributed by atoms with Crippen LogP contribution in [0.5, 0.6) is 0 Å². The molecule has 3 heteroatoms. The summed E-state index contributed by atoms with van der Waals surface area (Å²) in [6.07, 6.45) is 5.77. The molecule has 0 spiro atoms. The van der Waals surface area contributed by atoms with Crippen molar-refractivity contribution in [3.05, 3.63) is 0 Å². The molecule has 1 aliphatic rings. The Labute approximate surface area is 99.1 Å². The number of hydrogen-bond acceptors (Lipinski definition) is 2. The summed E-state index contributed by atoms with van der Waals surface area (Å²) in [4.78, 5) is 16.8. The molecule has 16 heavy (non-hydrogen) atoms. The van der Waals surface area contributed by atoms with Gasteiger partial charge in [-0.1, -0.05) is 13.8 Å². The van der Waals surface area contributed by atoms with Crippen LogP contribution in [0.3, 0.4) is 0 Å². The number of carbonyl (C=O) groups is 1. The Morgan fingerprint density at radius 1 is 1.31 bits per heavy atom. The van der Waals surface area contributed by atoms with Crippen LogP contribution in [0.25, 0.3) is 0 Å². The van der Waals surface area contributed by atoms with Crippen molar-refractivity contribution in [3.63, 3.8) is 0 Å². The van der Waals surface area contributed by atoms with Gasteiger partial charge >= 0.3 is 0 Å². The van der Waals surface area contributed by atoms with Gasteiger partial charge in [0.25, 0.3) is 0 Å². The third kappa shape index (κ3) is 3.78. The van der Waals surface area contributed by atoms with Gasteiger partial charge < -0.3 is 0 Å². The summed E-state index contributed by atoms with van der Waals surface area (Å²) in [6, 6.07) is 0. The predicted octanol–water partition coefficient (Wildman–Crippen LogP) is 2.86. The maximum atomic E-state index is 11.9. The van der Waals surface area contributed by atoms with E-state index in [1.165, 1.54) is 24.3 Å². The largest absolute Gasteiger partial charge is 0.275 e. The average molecular weight is 227 g/mol. The summed E-state index contributed by atoms with van der Waals surface area (Å²) in [6.45, 7) is 4.55. The highest BCUT2D eigenvalue weighted by Crippen LogP contribution is 2.33. The molecule has 94 valence electrons. The first-order chi connectivity index (χ1) is 7.54. The van der Waals surface area contributed by atoms with E-state index in [1.54, 1.807) is 14.2 Å². The molecule has 0 aromatic carbocycles. The maximum absolute atomic E-state index is 11.9. The molecule has 0 saturated heterocycles. The number of carbonyl (C=O) groups excluding carboxylic acids is 1. The number of amides is 1. The molecule has 0 aromatic rings. The van der Waals surface area contributed by atoms with Crippen LogP contribution < -0.4 is 0 Å². The summed E-state index contributed by atoms with van der Waals surface area (Å²) in [5, 5.41) is 1.37. The molecule has 1 aliphatic carbocycles. The zero-order valence-electron chi connectivity index (χ0n) is 11.0. The van der Waals surface area contributed by atoms with Crippen molar-refractivity contribution in [2.24, 2.45) is 17.8 Å². The Morgan fingerprint density at radius 2 is 1.88 bits per heavy atom. The lowest BCUT2D eigenvalue weighted by Crippen LogP contribution is -2.34. The monoisotopic (exact) mass is 227 g/mol. The molecule has 1 fully saturated rings. The second kappa shape index (κ2) is 6.24. The Kier molecular flexibility index (Phi) is 5.26. The van der Waals surface area contributed by atoms with Crippen molar-refractivity contribution in [1.29, 1.82) is 0 Å². The molecule has 0 aromatic heterocycles. The van der Waals surface area contributed by atoms with Crippen molar-refractivity contribution in [2.45, 2.75) is 46.0 Å². The van der Waals surface area contributed by atoms with Crippen LogP contribution >= 0.6 is 0 Å². The molecule has 1 amide bonds. The number of hydroxylamine groups is 2. The first kappa shape index (κ1) is 13.5. The minimum absolute atomic E-state index is 0.144. The van der Waals surface area contributed by atoms with Gasteiger partial charge in [0.1, 0.15) is 0 Å². The van der Waals surface area contributed by atoms with Crippen molar-refractivity contribution < 1.29 is 9.63 Å². The lowest BCUT2D eigenvalue weighted by molar-refractivity contribution is -0.174. The van der Waals surface area contributed by atoms with Crippen molar-refractivity contribution in [1.82, 2.24) is 5.06 Å². The van der Waals surface area contributed by atoms with Crippen LogP contribution in [0.15, 0.2) is 0 Å². The van der Waals surface area contributed by atoms with E-state index in [9.17, 15) is 4.79 Å². The molecule has 0 aliphatic heterocycles. The third-order valence-electron chi connectivity index (χ3n) is 3.58. The first-order valence-electron chi connectivity index (χ1n) is 6.36. The molecular weight excluding hydrogens is 202 g/mol. The standard InChI is InChI=1S/C13H25NO2/c1-10(2)9-11-5-7-12(8-6-11)13(15)14(3)16-4/h10-12H,5-9H2,1-4H3/t11-,12+. The third-order valence-corrected chi connectivity index (χ3v) is 3.58. The zero-order chi connectivity index (χ0) is 12.1. The molecule has 0 radical (unpaired) electrons. The van der Waals surface area contributed by atoms with E-state index >= 15 is 0 Å². The molecule has 0 unspecified atom stereocenters. The SMILES string of the molecule is CON(C)C(=O)[C@H]1CC[C@@H](CC(C)C)CC1. The van der Waals surface area contributed by atoms with Gasteiger partial charge in [0, 0.05) is 13.0 Å². The lowest BCUT2D eigenvalue weighted by Gasteiger charge is -2.30. The van der Waals surface area contributed by atoms with Crippen LogP contribution in [0.1, 0.15) is 46.0 Å². The highest BCUT2D eigenvalue weighted by atomic mass is 16.7. The minimum Gasteiger partial charge on any atom is -0.275 e. The topological polar surface area (TPSA) is 29.5 Å². The van der Waals surface area contributed by atoms with Crippen LogP contribution in [0, 0.1) is 17.8 Å². The molecule has 1 rings (SSSR count). The van der Waals surface area contributed by atoms with Gasteiger partial charge in [-0.25, -0.2) is 5.06 Å². The molecular formula is C13H25NO2. The molecule has 0 atom stereocenters. The minimum atomic E-state index is 0.144. The highest BCUT2D eigenvalue weighted by molar-refractivity contribution is 5.77. The Hall–Kier alpha value is -0.570. The van der Waals surface area contributed by atoms with Gasteiger partial charge in [-0.3, -0.25) is 9.63 Å². The number of hydrogen-bond donors (Lipinski definition) is 0. The van der Waals surface area contributed by atoms with E-state index in [0.29, 0.717) is 0 Å². The van der Waals surface area contributed by atoms with Crippen molar-refractivity contribution >= 4 is 5.91 Å². The second-order valence-electron chi connectivity index (χ2n) is 5.37. The Bertz CT molecular complexity index is 220. The fourth-order valence-electron chi connectivity index (χ4n) is 2.66. The summed E-state index contributed by atoms with van der Waals surface area (Å²) in [5.74, 6) is 1.94. The summed E-state index contributed by atoms with van der Waals surface area (Å²) in [7, 11) is 3.24. The van der Waals surface area contributed by atoms with Gasteiger partial charge in [-0.2, -0.15) is 0 Å². The zero-order valence-corrected chi connectivity index (χ0v) is 11.0. The van der Waals surface area contributed by atoms with Crippen LogP contribution in [-0.2, 0) is 9.63 Å². The van der Waals surface area contributed by atoms with Gasteiger partial charge in [-0.15, -0.1) is 0 Å². The summed E-state index contributed by atoms with van der Waals surface area (Å²) < 4.78 is 0. The smallest absolute Gasteiger partial charge is 0.248 e. The van der Waals surface area contributed by atoms with Gasteiger partial charge in [0.2, 0.25) is 5.91 Å². The van der Waals surface area contributed by atoms with Crippen LogP contribution in [0.4, 0.5) is 0 Å². The molecule has 3 nitrogen and oxygen atoms in total. The van der Waals surface area contributed by atoms with E-state index in [2.05, 4.69) is 13.8 Å². The van der Waals surface area contributed by atoms with E-state index in [-0.39, 0.29) is 11.8 Å². The Balaban J connectivity index is 2.34. The highest BCUT2D eigenvalue weighted by Gasteiger charge is 2.28. The van der Waals surface area contributed by atoms with E-state index in [1.807, 2.05) is 0 Å². The molecule has 0 bridgehead atoms.